The molecule has 146 valence electrons. The number of carbonyl (C=O) groups is 1. The van der Waals surface area contributed by atoms with Crippen LogP contribution >= 0.6 is 15.9 Å². The van der Waals surface area contributed by atoms with Crippen molar-refractivity contribution in [2.75, 3.05) is 7.05 Å². The minimum Gasteiger partial charge on any atom is -0.337 e. The van der Waals surface area contributed by atoms with Gasteiger partial charge in [0.2, 0.25) is 11.7 Å². The molecule has 0 unspecified atom stereocenters. The van der Waals surface area contributed by atoms with Gasteiger partial charge in [0, 0.05) is 41.6 Å². The Kier molecular flexibility index (Phi) is 5.53. The highest BCUT2D eigenvalue weighted by Gasteiger charge is 2.16. The number of rotatable bonds is 6. The number of benzene rings is 2. The lowest BCUT2D eigenvalue weighted by Gasteiger charge is -2.15. The molecule has 2 heterocycles. The van der Waals surface area contributed by atoms with E-state index in [1.165, 1.54) is 0 Å². The van der Waals surface area contributed by atoms with Crippen molar-refractivity contribution in [1.29, 1.82) is 0 Å². The number of imidazole rings is 1. The lowest BCUT2D eigenvalue weighted by molar-refractivity contribution is 0.0769. The summed E-state index contributed by atoms with van der Waals surface area (Å²) in [5, 5.41) is 4.01. The third kappa shape index (κ3) is 4.60. The minimum atomic E-state index is -0.110. The SMILES string of the molecule is CN(Cc1nc(-c2cccc(Br)c2)no1)C(=O)c1ccc(Cn2ccnc2)cc1. The molecule has 0 bridgehead atoms. The zero-order valence-electron chi connectivity index (χ0n) is 15.7. The molecule has 2 aromatic carbocycles. The predicted octanol–water partition coefficient (Wildman–Crippen LogP) is 4.02. The molecule has 0 N–H and O–H groups in total. The Morgan fingerprint density at radius 3 is 2.76 bits per heavy atom. The van der Waals surface area contributed by atoms with Crippen LogP contribution in [0.4, 0.5) is 0 Å². The van der Waals surface area contributed by atoms with Gasteiger partial charge in [-0.15, -0.1) is 0 Å². The lowest BCUT2D eigenvalue weighted by Crippen LogP contribution is -2.26. The highest BCUT2D eigenvalue weighted by atomic mass is 79.9. The maximum absolute atomic E-state index is 12.7. The van der Waals surface area contributed by atoms with Crippen molar-refractivity contribution in [3.8, 4) is 11.4 Å². The Hall–Kier alpha value is -3.26. The Morgan fingerprint density at radius 1 is 1.21 bits per heavy atom. The minimum absolute atomic E-state index is 0.110. The molecular weight excluding hydrogens is 434 g/mol. The fourth-order valence-corrected chi connectivity index (χ4v) is 3.30. The van der Waals surface area contributed by atoms with E-state index < -0.39 is 0 Å². The Bertz CT molecular complexity index is 1110. The van der Waals surface area contributed by atoms with Crippen molar-refractivity contribution >= 4 is 21.8 Å². The molecule has 4 aromatic rings. The van der Waals surface area contributed by atoms with Crippen molar-refractivity contribution < 1.29 is 9.32 Å². The first kappa shape index (κ1) is 19.1. The van der Waals surface area contributed by atoms with E-state index in [2.05, 4.69) is 31.1 Å². The van der Waals surface area contributed by atoms with E-state index >= 15 is 0 Å². The second kappa shape index (κ2) is 8.40. The van der Waals surface area contributed by atoms with Gasteiger partial charge in [0.25, 0.3) is 5.91 Å². The molecule has 0 atom stereocenters. The molecule has 4 rings (SSSR count). The number of nitrogens with zero attached hydrogens (tertiary/aromatic N) is 5. The number of hydrogen-bond donors (Lipinski definition) is 0. The van der Waals surface area contributed by atoms with Gasteiger partial charge in [-0.3, -0.25) is 4.79 Å². The average Bonchev–Trinajstić information content (AvgIpc) is 3.40. The zero-order chi connectivity index (χ0) is 20.2. The van der Waals surface area contributed by atoms with Crippen LogP contribution in [0, 0.1) is 0 Å². The van der Waals surface area contributed by atoms with Crippen LogP contribution in [0.5, 0.6) is 0 Å². The quantitative estimate of drug-likeness (QED) is 0.442. The van der Waals surface area contributed by atoms with Gasteiger partial charge in [-0.2, -0.15) is 4.98 Å². The molecule has 0 spiro atoms. The van der Waals surface area contributed by atoms with Gasteiger partial charge >= 0.3 is 0 Å². The van der Waals surface area contributed by atoms with E-state index in [4.69, 9.17) is 4.52 Å². The lowest BCUT2D eigenvalue weighted by atomic mass is 10.1. The summed E-state index contributed by atoms with van der Waals surface area (Å²) in [5.41, 5.74) is 2.54. The summed E-state index contributed by atoms with van der Waals surface area (Å²) in [6, 6.07) is 15.2. The molecule has 29 heavy (non-hydrogen) atoms. The summed E-state index contributed by atoms with van der Waals surface area (Å²) in [6.45, 7) is 0.946. The highest BCUT2D eigenvalue weighted by molar-refractivity contribution is 9.10. The third-order valence-electron chi connectivity index (χ3n) is 4.40. The second-order valence-electron chi connectivity index (χ2n) is 6.62. The van der Waals surface area contributed by atoms with Gasteiger partial charge in [-0.25, -0.2) is 4.98 Å². The number of hydrogen-bond acceptors (Lipinski definition) is 5. The molecule has 0 aliphatic heterocycles. The van der Waals surface area contributed by atoms with Crippen LogP contribution in [-0.4, -0.2) is 37.5 Å². The normalized spacial score (nSPS) is 10.8. The van der Waals surface area contributed by atoms with Crippen LogP contribution in [0.3, 0.4) is 0 Å². The standard InChI is InChI=1S/C21H18BrN5O2/c1-26(13-19-24-20(25-29-19)17-3-2-4-18(22)11-17)21(28)16-7-5-15(6-8-16)12-27-10-9-23-14-27/h2-11,14H,12-13H2,1H3. The first-order chi connectivity index (χ1) is 14.1. The fraction of sp³-hybridized carbons (Fsp3) is 0.143. The van der Waals surface area contributed by atoms with E-state index in [9.17, 15) is 4.79 Å². The van der Waals surface area contributed by atoms with Crippen LogP contribution in [-0.2, 0) is 13.1 Å². The molecule has 0 radical (unpaired) electrons. The predicted molar refractivity (Wildman–Crippen MR) is 111 cm³/mol. The first-order valence-electron chi connectivity index (χ1n) is 8.97. The van der Waals surface area contributed by atoms with Crippen LogP contribution in [0.25, 0.3) is 11.4 Å². The number of halogens is 1. The summed E-state index contributed by atoms with van der Waals surface area (Å²) in [5.74, 6) is 0.764. The molecule has 8 heteroatoms. The Morgan fingerprint density at radius 2 is 2.03 bits per heavy atom. The number of amides is 1. The van der Waals surface area contributed by atoms with Crippen LogP contribution < -0.4 is 0 Å². The summed E-state index contributed by atoms with van der Waals surface area (Å²) in [6.07, 6.45) is 5.41. The number of aromatic nitrogens is 4. The summed E-state index contributed by atoms with van der Waals surface area (Å²) in [4.78, 5) is 22.7. The zero-order valence-corrected chi connectivity index (χ0v) is 17.3. The molecule has 0 saturated heterocycles. The molecule has 7 nitrogen and oxygen atoms in total. The maximum atomic E-state index is 12.7. The van der Waals surface area contributed by atoms with Crippen molar-refractivity contribution in [3.63, 3.8) is 0 Å². The van der Waals surface area contributed by atoms with Gasteiger partial charge in [-0.1, -0.05) is 45.4 Å². The maximum Gasteiger partial charge on any atom is 0.254 e. The highest BCUT2D eigenvalue weighted by Crippen LogP contribution is 2.20. The van der Waals surface area contributed by atoms with Crippen molar-refractivity contribution in [3.05, 3.63) is 88.7 Å². The first-order valence-corrected chi connectivity index (χ1v) is 9.76. The second-order valence-corrected chi connectivity index (χ2v) is 7.53. The molecular formula is C21H18BrN5O2. The van der Waals surface area contributed by atoms with Gasteiger partial charge in [0.15, 0.2) is 0 Å². The summed E-state index contributed by atoms with van der Waals surface area (Å²) >= 11 is 3.43. The Balaban J connectivity index is 1.40. The molecule has 1 amide bonds. The van der Waals surface area contributed by atoms with Crippen LogP contribution in [0.1, 0.15) is 21.8 Å². The third-order valence-corrected chi connectivity index (χ3v) is 4.89. The van der Waals surface area contributed by atoms with E-state index in [1.807, 2.05) is 59.3 Å². The smallest absolute Gasteiger partial charge is 0.254 e. The van der Waals surface area contributed by atoms with E-state index in [0.29, 0.717) is 23.8 Å². The van der Waals surface area contributed by atoms with Gasteiger partial charge in [0.05, 0.1) is 12.9 Å². The van der Waals surface area contributed by atoms with Crippen LogP contribution in [0.2, 0.25) is 0 Å². The van der Waals surface area contributed by atoms with Crippen LogP contribution in [0.15, 0.2) is 76.2 Å². The topological polar surface area (TPSA) is 77.0 Å². The van der Waals surface area contributed by atoms with E-state index in [-0.39, 0.29) is 12.5 Å². The molecule has 0 saturated carbocycles. The van der Waals surface area contributed by atoms with Gasteiger partial charge in [-0.05, 0) is 29.8 Å². The van der Waals surface area contributed by atoms with Gasteiger partial charge in [0.1, 0.15) is 0 Å². The monoisotopic (exact) mass is 451 g/mol. The Labute approximate surface area is 176 Å². The summed E-state index contributed by atoms with van der Waals surface area (Å²) < 4.78 is 8.22. The molecule has 0 aliphatic carbocycles. The van der Waals surface area contributed by atoms with E-state index in [1.54, 1.807) is 24.5 Å². The molecule has 2 aromatic heterocycles. The van der Waals surface area contributed by atoms with E-state index in [0.717, 1.165) is 15.6 Å². The fourth-order valence-electron chi connectivity index (χ4n) is 2.90. The van der Waals surface area contributed by atoms with Gasteiger partial charge < -0.3 is 14.0 Å². The van der Waals surface area contributed by atoms with Crippen molar-refractivity contribution in [2.24, 2.45) is 0 Å². The van der Waals surface area contributed by atoms with Crippen molar-refractivity contribution in [2.45, 2.75) is 13.1 Å². The largest absolute Gasteiger partial charge is 0.337 e. The summed E-state index contributed by atoms with van der Waals surface area (Å²) in [7, 11) is 1.71. The number of carbonyl (C=O) groups excluding carboxylic acids is 1. The molecule has 0 fully saturated rings. The average molecular weight is 452 g/mol. The molecule has 0 aliphatic rings. The van der Waals surface area contributed by atoms with Crippen molar-refractivity contribution in [1.82, 2.24) is 24.6 Å².